The number of nitrogens with zero attached hydrogens (tertiary/aromatic N) is 3. The summed E-state index contributed by atoms with van der Waals surface area (Å²) >= 11 is 7.67. The van der Waals surface area contributed by atoms with Crippen molar-refractivity contribution in [3.8, 4) is 5.69 Å². The zero-order chi connectivity index (χ0) is 30.8. The molecule has 3 aromatic carbocycles. The number of aryl methyl sites for hydroxylation is 2. The second-order valence-corrected chi connectivity index (χ2v) is 10.8. The zero-order valence-electron chi connectivity index (χ0n) is 22.4. The minimum atomic E-state index is -5.06. The predicted molar refractivity (Wildman–Crippen MR) is 149 cm³/mol. The molecule has 0 saturated heterocycles. The van der Waals surface area contributed by atoms with Crippen molar-refractivity contribution in [1.29, 1.82) is 0 Å². The van der Waals surface area contributed by atoms with Crippen LogP contribution in [0.15, 0.2) is 65.8 Å². The van der Waals surface area contributed by atoms with Gasteiger partial charge < -0.3 is 10.6 Å². The second kappa shape index (κ2) is 12.3. The molecule has 2 amide bonds. The molecule has 0 bridgehead atoms. The van der Waals surface area contributed by atoms with Gasteiger partial charge in [-0.1, -0.05) is 53.7 Å². The Morgan fingerprint density at radius 3 is 2.19 bits per heavy atom. The SMILES string of the molecule is Cc1ccccc1CSc1nnc(C(C)NC(=O)Nc2cc(C(F)(F)F)cc(C(F)(F)F)c2)n1-c1cc(Cl)ccc1C. The number of carbonyl (C=O) groups excluding carboxylic acids is 1. The van der Waals surface area contributed by atoms with Crippen LogP contribution in [0.4, 0.5) is 36.8 Å². The number of halogens is 7. The maximum absolute atomic E-state index is 13.2. The van der Waals surface area contributed by atoms with Gasteiger partial charge in [0.15, 0.2) is 11.0 Å². The Bertz CT molecular complexity index is 1570. The van der Waals surface area contributed by atoms with Crippen molar-refractivity contribution < 1.29 is 31.1 Å². The summed E-state index contributed by atoms with van der Waals surface area (Å²) in [6.45, 7) is 5.39. The Kier molecular flexibility index (Phi) is 9.12. The van der Waals surface area contributed by atoms with Gasteiger partial charge in [0.25, 0.3) is 0 Å². The van der Waals surface area contributed by atoms with E-state index in [0.29, 0.717) is 33.8 Å². The van der Waals surface area contributed by atoms with Gasteiger partial charge in [-0.25, -0.2) is 4.79 Å². The summed E-state index contributed by atoms with van der Waals surface area (Å²) in [4.78, 5) is 12.8. The van der Waals surface area contributed by atoms with Crippen molar-refractivity contribution in [2.75, 3.05) is 5.32 Å². The van der Waals surface area contributed by atoms with Gasteiger partial charge in [-0.2, -0.15) is 26.3 Å². The Balaban J connectivity index is 1.63. The van der Waals surface area contributed by atoms with Crippen molar-refractivity contribution in [3.05, 3.63) is 99.3 Å². The smallest absolute Gasteiger partial charge is 0.328 e. The molecule has 0 fully saturated rings. The monoisotopic (exact) mass is 627 g/mol. The first-order valence-electron chi connectivity index (χ1n) is 12.4. The first-order valence-corrected chi connectivity index (χ1v) is 13.8. The van der Waals surface area contributed by atoms with E-state index in [1.807, 2.05) is 38.1 Å². The summed E-state index contributed by atoms with van der Waals surface area (Å²) in [6, 6.07) is 12.0. The topological polar surface area (TPSA) is 71.8 Å². The maximum Gasteiger partial charge on any atom is 0.416 e. The third-order valence-electron chi connectivity index (χ3n) is 6.27. The number of carbonyl (C=O) groups is 1. The second-order valence-electron chi connectivity index (χ2n) is 9.44. The molecule has 0 radical (unpaired) electrons. The lowest BCUT2D eigenvalue weighted by Crippen LogP contribution is -2.32. The first-order chi connectivity index (χ1) is 19.6. The van der Waals surface area contributed by atoms with E-state index in [2.05, 4.69) is 20.8 Å². The lowest BCUT2D eigenvalue weighted by atomic mass is 10.1. The quantitative estimate of drug-likeness (QED) is 0.159. The average molecular weight is 628 g/mol. The van der Waals surface area contributed by atoms with Gasteiger partial charge in [-0.05, 0) is 67.8 Å². The summed E-state index contributed by atoms with van der Waals surface area (Å²) in [5, 5.41) is 14.1. The number of aromatic nitrogens is 3. The molecule has 2 N–H and O–H groups in total. The van der Waals surface area contributed by atoms with E-state index in [1.165, 1.54) is 11.8 Å². The molecule has 0 spiro atoms. The third-order valence-corrected chi connectivity index (χ3v) is 7.48. The highest BCUT2D eigenvalue weighted by atomic mass is 35.5. The minimum Gasteiger partial charge on any atom is -0.328 e. The number of hydrogen-bond donors (Lipinski definition) is 2. The van der Waals surface area contributed by atoms with Crippen LogP contribution in [-0.2, 0) is 18.1 Å². The van der Waals surface area contributed by atoms with Crippen molar-refractivity contribution >= 4 is 35.1 Å². The van der Waals surface area contributed by atoms with Crippen LogP contribution in [0.1, 0.15) is 46.6 Å². The molecule has 0 aliphatic rings. The van der Waals surface area contributed by atoms with Gasteiger partial charge in [0.1, 0.15) is 0 Å². The fourth-order valence-electron chi connectivity index (χ4n) is 4.07. The number of benzene rings is 3. The standard InChI is InChI=1S/C28H24ClF6N5OS/c1-15-6-4-5-7-18(15)14-42-26-39-38-24(40(26)23-13-21(29)9-8-16(23)2)17(3)36-25(41)37-22-11-19(27(30,31)32)10-20(12-22)28(33,34)35/h4-13,17H,14H2,1-3H3,(H2,36,37,41). The largest absolute Gasteiger partial charge is 0.416 e. The van der Waals surface area contributed by atoms with Crippen LogP contribution in [0, 0.1) is 13.8 Å². The third kappa shape index (κ3) is 7.37. The molecule has 0 saturated carbocycles. The fraction of sp³-hybridized carbons (Fsp3) is 0.250. The van der Waals surface area contributed by atoms with E-state index < -0.39 is 41.2 Å². The molecular formula is C28H24ClF6N5OS. The van der Waals surface area contributed by atoms with Crippen molar-refractivity contribution in [3.63, 3.8) is 0 Å². The molecule has 1 heterocycles. The van der Waals surface area contributed by atoms with Crippen LogP contribution in [0.5, 0.6) is 0 Å². The number of urea groups is 1. The molecule has 0 aliphatic heterocycles. The summed E-state index contributed by atoms with van der Waals surface area (Å²) < 4.78 is 81.2. The zero-order valence-corrected chi connectivity index (χ0v) is 23.9. The van der Waals surface area contributed by atoms with Crippen molar-refractivity contribution in [2.45, 2.75) is 50.1 Å². The van der Waals surface area contributed by atoms with Gasteiger partial charge in [-0.15, -0.1) is 10.2 Å². The fourth-order valence-corrected chi connectivity index (χ4v) is 5.27. The first kappa shape index (κ1) is 31.2. The van der Waals surface area contributed by atoms with E-state index in [1.54, 1.807) is 29.7 Å². The molecule has 0 aliphatic carbocycles. The summed E-state index contributed by atoms with van der Waals surface area (Å²) in [5.74, 6) is 0.826. The van der Waals surface area contributed by atoms with Crippen LogP contribution < -0.4 is 10.6 Å². The van der Waals surface area contributed by atoms with Crippen molar-refractivity contribution in [2.24, 2.45) is 0 Å². The summed E-state index contributed by atoms with van der Waals surface area (Å²) in [6.07, 6.45) is -10.1. The number of nitrogens with one attached hydrogen (secondary N) is 2. The van der Waals surface area contributed by atoms with Crippen molar-refractivity contribution in [1.82, 2.24) is 20.1 Å². The maximum atomic E-state index is 13.2. The molecule has 1 aromatic heterocycles. The lowest BCUT2D eigenvalue weighted by molar-refractivity contribution is -0.143. The molecule has 222 valence electrons. The van der Waals surface area contributed by atoms with Gasteiger partial charge in [0.05, 0.1) is 22.9 Å². The van der Waals surface area contributed by atoms with Gasteiger partial charge >= 0.3 is 18.4 Å². The Labute approximate surface area is 246 Å². The van der Waals surface area contributed by atoms with E-state index in [0.717, 1.165) is 16.7 Å². The molecule has 1 atom stereocenters. The molecule has 4 aromatic rings. The van der Waals surface area contributed by atoms with Gasteiger partial charge in [-0.3, -0.25) is 4.57 Å². The highest BCUT2D eigenvalue weighted by Gasteiger charge is 2.37. The lowest BCUT2D eigenvalue weighted by Gasteiger charge is -2.19. The number of amides is 2. The predicted octanol–water partition coefficient (Wildman–Crippen LogP) is 8.75. The molecule has 1 unspecified atom stereocenters. The molecule has 42 heavy (non-hydrogen) atoms. The normalized spacial score (nSPS) is 12.7. The average Bonchev–Trinajstić information content (AvgIpc) is 3.32. The number of anilines is 1. The van der Waals surface area contributed by atoms with Gasteiger partial charge in [0, 0.05) is 16.5 Å². The Morgan fingerprint density at radius 1 is 0.929 bits per heavy atom. The summed E-state index contributed by atoms with van der Waals surface area (Å²) in [5.41, 5.74) is -0.158. The Hall–Kier alpha value is -3.71. The highest BCUT2D eigenvalue weighted by Crippen LogP contribution is 2.38. The molecule has 14 heteroatoms. The van der Waals surface area contributed by atoms with Crippen LogP contribution in [-0.4, -0.2) is 20.8 Å². The minimum absolute atomic E-state index is 0.0162. The van der Waals surface area contributed by atoms with E-state index in [4.69, 9.17) is 11.6 Å². The summed E-state index contributed by atoms with van der Waals surface area (Å²) in [7, 11) is 0. The van der Waals surface area contributed by atoms with Crippen LogP contribution in [0.25, 0.3) is 5.69 Å². The number of hydrogen-bond acceptors (Lipinski definition) is 4. The van der Waals surface area contributed by atoms with E-state index in [9.17, 15) is 31.1 Å². The molecular weight excluding hydrogens is 604 g/mol. The number of rotatable bonds is 7. The van der Waals surface area contributed by atoms with Gasteiger partial charge in [0.2, 0.25) is 0 Å². The number of thioether (sulfide) groups is 1. The Morgan fingerprint density at radius 2 is 1.57 bits per heavy atom. The van der Waals surface area contributed by atoms with Crippen LogP contribution >= 0.6 is 23.4 Å². The van der Waals surface area contributed by atoms with E-state index in [-0.39, 0.29) is 11.9 Å². The molecule has 4 rings (SSSR count). The van der Waals surface area contributed by atoms with Crippen LogP contribution in [0.3, 0.4) is 0 Å². The number of alkyl halides is 6. The molecule has 6 nitrogen and oxygen atoms in total. The van der Waals surface area contributed by atoms with E-state index >= 15 is 0 Å². The van der Waals surface area contributed by atoms with Crippen LogP contribution in [0.2, 0.25) is 5.02 Å². The highest BCUT2D eigenvalue weighted by molar-refractivity contribution is 7.98.